The van der Waals surface area contributed by atoms with Gasteiger partial charge in [-0.3, -0.25) is 4.79 Å². The molecule has 1 aliphatic carbocycles. The molecule has 3 rings (SSSR count). The van der Waals surface area contributed by atoms with Crippen molar-refractivity contribution in [2.75, 3.05) is 0 Å². The molecule has 2 aromatic rings. The van der Waals surface area contributed by atoms with Crippen LogP contribution in [0.4, 0.5) is 0 Å². The number of benzene rings is 1. The van der Waals surface area contributed by atoms with Gasteiger partial charge in [0, 0.05) is 6.08 Å². The molecule has 1 aromatic carbocycles. The Kier molecular flexibility index (Phi) is 2.68. The fourth-order valence-electron chi connectivity index (χ4n) is 1.83. The zero-order valence-electron chi connectivity index (χ0n) is 10.6. The van der Waals surface area contributed by atoms with Crippen LogP contribution in [0.25, 0.3) is 17.2 Å². The summed E-state index contributed by atoms with van der Waals surface area (Å²) >= 11 is 0. The van der Waals surface area contributed by atoms with E-state index < -0.39 is 11.4 Å². The number of oxazole rings is 1. The summed E-state index contributed by atoms with van der Waals surface area (Å²) in [5, 5.41) is 11.5. The summed E-state index contributed by atoms with van der Waals surface area (Å²) in [5.41, 5.74) is 6.26. The number of carbonyl (C=O) groups excluding carboxylic acids is 1. The number of nitrogens with zero attached hydrogens (tertiary/aromatic N) is 2. The van der Waals surface area contributed by atoms with Gasteiger partial charge in [-0.2, -0.15) is 5.26 Å². The zero-order valence-corrected chi connectivity index (χ0v) is 10.6. The van der Waals surface area contributed by atoms with Crippen LogP contribution >= 0.6 is 0 Å². The van der Waals surface area contributed by atoms with E-state index in [4.69, 9.17) is 15.4 Å². The van der Waals surface area contributed by atoms with Gasteiger partial charge >= 0.3 is 0 Å². The second kappa shape index (κ2) is 4.38. The summed E-state index contributed by atoms with van der Waals surface area (Å²) in [4.78, 5) is 16.1. The molecule has 1 aromatic heterocycles. The van der Waals surface area contributed by atoms with Crippen LogP contribution in [0.3, 0.4) is 0 Å². The molecular formula is C14H12N4O2. The van der Waals surface area contributed by atoms with E-state index in [-0.39, 0.29) is 11.6 Å². The van der Waals surface area contributed by atoms with Crippen molar-refractivity contribution in [3.8, 4) is 6.07 Å². The number of nitriles is 1. The molecule has 1 heterocycles. The number of nitrogens with one attached hydrogen (secondary N) is 1. The third-order valence-corrected chi connectivity index (χ3v) is 3.17. The van der Waals surface area contributed by atoms with Crippen LogP contribution in [0.5, 0.6) is 0 Å². The molecule has 0 unspecified atom stereocenters. The predicted molar refractivity (Wildman–Crippen MR) is 71.9 cm³/mol. The minimum atomic E-state index is -0.739. The number of para-hydroxylation sites is 2. The van der Waals surface area contributed by atoms with Gasteiger partial charge < -0.3 is 15.5 Å². The summed E-state index contributed by atoms with van der Waals surface area (Å²) in [7, 11) is 0. The Morgan fingerprint density at radius 2 is 2.25 bits per heavy atom. The van der Waals surface area contributed by atoms with Gasteiger partial charge in [-0.25, -0.2) is 4.98 Å². The lowest BCUT2D eigenvalue weighted by molar-refractivity contribution is -0.118. The van der Waals surface area contributed by atoms with Crippen LogP contribution in [0.2, 0.25) is 0 Å². The van der Waals surface area contributed by atoms with E-state index in [1.165, 1.54) is 6.08 Å². The first kappa shape index (κ1) is 12.2. The lowest BCUT2D eigenvalue weighted by atomic mass is 10.3. The maximum atomic E-state index is 11.9. The quantitative estimate of drug-likeness (QED) is 0.816. The van der Waals surface area contributed by atoms with Crippen molar-refractivity contribution in [1.82, 2.24) is 10.3 Å². The van der Waals surface area contributed by atoms with Crippen LogP contribution in [0.1, 0.15) is 18.7 Å². The minimum Gasteiger partial charge on any atom is -0.437 e. The molecule has 1 fully saturated rings. The Hall–Kier alpha value is -2.81. The maximum absolute atomic E-state index is 11.9. The Balaban J connectivity index is 1.80. The SMILES string of the molecule is N#CC1(NC(=O)C(N)=Cc2nc3ccccc3o2)CC1. The Labute approximate surface area is 114 Å². The van der Waals surface area contributed by atoms with E-state index >= 15 is 0 Å². The first-order valence-electron chi connectivity index (χ1n) is 6.18. The summed E-state index contributed by atoms with van der Waals surface area (Å²) < 4.78 is 5.45. The van der Waals surface area contributed by atoms with Crippen molar-refractivity contribution in [3.63, 3.8) is 0 Å². The number of amides is 1. The topological polar surface area (TPSA) is 105 Å². The van der Waals surface area contributed by atoms with E-state index in [0.717, 1.165) is 0 Å². The van der Waals surface area contributed by atoms with Gasteiger partial charge in [0.05, 0.1) is 6.07 Å². The summed E-state index contributed by atoms with van der Waals surface area (Å²) in [6, 6.07) is 9.34. The third-order valence-electron chi connectivity index (χ3n) is 3.17. The monoisotopic (exact) mass is 268 g/mol. The zero-order chi connectivity index (χ0) is 14.2. The van der Waals surface area contributed by atoms with Crippen LogP contribution in [-0.4, -0.2) is 16.4 Å². The van der Waals surface area contributed by atoms with Crippen molar-refractivity contribution in [2.45, 2.75) is 18.4 Å². The molecule has 100 valence electrons. The van der Waals surface area contributed by atoms with Crippen LogP contribution in [0, 0.1) is 11.3 Å². The lowest BCUT2D eigenvalue weighted by Gasteiger charge is -2.08. The van der Waals surface area contributed by atoms with Gasteiger partial charge in [-0.1, -0.05) is 12.1 Å². The third kappa shape index (κ3) is 2.21. The highest BCUT2D eigenvalue weighted by Crippen LogP contribution is 2.34. The highest BCUT2D eigenvalue weighted by molar-refractivity contribution is 5.97. The van der Waals surface area contributed by atoms with E-state index in [2.05, 4.69) is 16.4 Å². The Bertz CT molecular complexity index is 717. The molecule has 0 radical (unpaired) electrons. The van der Waals surface area contributed by atoms with Gasteiger partial charge in [-0.05, 0) is 25.0 Å². The lowest BCUT2D eigenvalue weighted by Crippen LogP contribution is -2.38. The van der Waals surface area contributed by atoms with Crippen LogP contribution < -0.4 is 11.1 Å². The van der Waals surface area contributed by atoms with Gasteiger partial charge in [0.2, 0.25) is 5.89 Å². The first-order valence-corrected chi connectivity index (χ1v) is 6.18. The fourth-order valence-corrected chi connectivity index (χ4v) is 1.83. The second-order valence-electron chi connectivity index (χ2n) is 4.77. The minimum absolute atomic E-state index is 0.0296. The standard InChI is InChI=1S/C14H12N4O2/c15-8-14(5-6-14)18-13(19)9(16)7-12-17-10-3-1-2-4-11(10)20-12/h1-4,7H,5-6,16H2,(H,18,19). The number of hydrogen-bond donors (Lipinski definition) is 2. The Morgan fingerprint density at radius 3 is 2.90 bits per heavy atom. The molecule has 6 nitrogen and oxygen atoms in total. The van der Waals surface area contributed by atoms with Gasteiger partial charge in [0.1, 0.15) is 16.8 Å². The number of rotatable bonds is 3. The molecule has 1 saturated carbocycles. The molecular weight excluding hydrogens is 256 g/mol. The van der Waals surface area contributed by atoms with Gasteiger partial charge in [-0.15, -0.1) is 0 Å². The fraction of sp³-hybridized carbons (Fsp3) is 0.214. The van der Waals surface area contributed by atoms with E-state index in [9.17, 15) is 4.79 Å². The molecule has 6 heteroatoms. The van der Waals surface area contributed by atoms with Crippen molar-refractivity contribution >= 4 is 23.1 Å². The molecule has 1 aliphatic rings. The smallest absolute Gasteiger partial charge is 0.268 e. The van der Waals surface area contributed by atoms with Crippen molar-refractivity contribution in [3.05, 3.63) is 35.9 Å². The average Bonchev–Trinajstić information content (AvgIpc) is 3.09. The predicted octanol–water partition coefficient (Wildman–Crippen LogP) is 1.30. The molecule has 0 bridgehead atoms. The van der Waals surface area contributed by atoms with E-state index in [1.54, 1.807) is 12.1 Å². The number of hydrogen-bond acceptors (Lipinski definition) is 5. The van der Waals surface area contributed by atoms with Crippen LogP contribution in [0.15, 0.2) is 34.4 Å². The average molecular weight is 268 g/mol. The highest BCUT2D eigenvalue weighted by Gasteiger charge is 2.44. The molecule has 0 saturated heterocycles. The molecule has 0 aliphatic heterocycles. The molecule has 3 N–H and O–H groups in total. The normalized spacial score (nSPS) is 16.6. The summed E-state index contributed by atoms with van der Waals surface area (Å²) in [5.74, 6) is -0.216. The van der Waals surface area contributed by atoms with Gasteiger partial charge in [0.25, 0.3) is 5.91 Å². The van der Waals surface area contributed by atoms with E-state index in [0.29, 0.717) is 23.9 Å². The van der Waals surface area contributed by atoms with Gasteiger partial charge in [0.15, 0.2) is 5.58 Å². The Morgan fingerprint density at radius 1 is 1.50 bits per heavy atom. The summed E-state index contributed by atoms with van der Waals surface area (Å²) in [6.45, 7) is 0. The largest absolute Gasteiger partial charge is 0.437 e. The molecule has 20 heavy (non-hydrogen) atoms. The molecule has 0 atom stereocenters. The molecule has 0 spiro atoms. The second-order valence-corrected chi connectivity index (χ2v) is 4.77. The maximum Gasteiger partial charge on any atom is 0.268 e. The first-order chi connectivity index (χ1) is 9.62. The molecule has 1 amide bonds. The summed E-state index contributed by atoms with van der Waals surface area (Å²) in [6.07, 6.45) is 2.68. The van der Waals surface area contributed by atoms with Crippen molar-refractivity contribution < 1.29 is 9.21 Å². The number of nitrogens with two attached hydrogens (primary N) is 1. The highest BCUT2D eigenvalue weighted by atomic mass is 16.3. The van der Waals surface area contributed by atoms with Crippen molar-refractivity contribution in [2.24, 2.45) is 5.73 Å². The number of carbonyl (C=O) groups is 1. The van der Waals surface area contributed by atoms with Crippen molar-refractivity contribution in [1.29, 1.82) is 5.26 Å². The number of aromatic nitrogens is 1. The number of fused-ring (bicyclic) bond motifs is 1. The van der Waals surface area contributed by atoms with E-state index in [1.807, 2.05) is 12.1 Å². The van der Waals surface area contributed by atoms with Crippen LogP contribution in [-0.2, 0) is 4.79 Å².